The van der Waals surface area contributed by atoms with Crippen molar-refractivity contribution < 1.29 is 9.59 Å². The minimum atomic E-state index is -0.171. The summed E-state index contributed by atoms with van der Waals surface area (Å²) < 4.78 is 0. The molecule has 4 nitrogen and oxygen atoms in total. The van der Waals surface area contributed by atoms with Crippen LogP contribution >= 0.6 is 11.8 Å². The topological polar surface area (TPSA) is 40.6 Å². The average molecular weight is 304 g/mol. The molecule has 0 bridgehead atoms. The first-order valence-electron chi connectivity index (χ1n) is 7.42. The van der Waals surface area contributed by atoms with Gasteiger partial charge in [0.25, 0.3) is 0 Å². The molecule has 2 fully saturated rings. The van der Waals surface area contributed by atoms with E-state index >= 15 is 0 Å². The molecule has 1 atom stereocenters. The highest BCUT2D eigenvalue weighted by Crippen LogP contribution is 2.28. The fraction of sp³-hybridized carbons (Fsp3) is 0.500. The third kappa shape index (κ3) is 2.93. The van der Waals surface area contributed by atoms with Crippen molar-refractivity contribution in [3.63, 3.8) is 0 Å². The Labute approximate surface area is 129 Å². The van der Waals surface area contributed by atoms with Gasteiger partial charge in [-0.1, -0.05) is 0 Å². The average Bonchev–Trinajstić information content (AvgIpc) is 3.16. The molecule has 2 saturated heterocycles. The van der Waals surface area contributed by atoms with Crippen LogP contribution in [-0.4, -0.2) is 42.6 Å². The lowest BCUT2D eigenvalue weighted by atomic mass is 10.1. The fourth-order valence-electron chi connectivity index (χ4n) is 3.08. The minimum absolute atomic E-state index is 0.0597. The lowest BCUT2D eigenvalue weighted by Crippen LogP contribution is -2.35. The van der Waals surface area contributed by atoms with E-state index in [1.807, 2.05) is 35.4 Å². The summed E-state index contributed by atoms with van der Waals surface area (Å²) in [6.07, 6.45) is 4.55. The Morgan fingerprint density at radius 3 is 2.48 bits per heavy atom. The largest absolute Gasteiger partial charge is 0.342 e. The standard InChI is InChI=1S/C16H20N2O2S/c1-21-14-6-4-13(5-7-14)18-11-12(10-15(18)19)16(20)17-8-2-3-9-17/h4-7,12H,2-3,8-11H2,1H3. The zero-order valence-corrected chi connectivity index (χ0v) is 13.1. The number of carbonyl (C=O) groups excluding carboxylic acids is 2. The molecule has 21 heavy (non-hydrogen) atoms. The van der Waals surface area contributed by atoms with E-state index in [4.69, 9.17) is 0 Å². The minimum Gasteiger partial charge on any atom is -0.342 e. The summed E-state index contributed by atoms with van der Waals surface area (Å²) in [7, 11) is 0. The molecular weight excluding hydrogens is 284 g/mol. The summed E-state index contributed by atoms with van der Waals surface area (Å²) in [4.78, 5) is 29.5. The third-order valence-corrected chi connectivity index (χ3v) is 5.02. The molecule has 1 unspecified atom stereocenters. The second-order valence-corrected chi connectivity index (χ2v) is 6.52. The molecular formula is C16H20N2O2S. The van der Waals surface area contributed by atoms with E-state index in [0.29, 0.717) is 13.0 Å². The highest BCUT2D eigenvalue weighted by Gasteiger charge is 2.37. The van der Waals surface area contributed by atoms with Crippen LogP contribution in [0.1, 0.15) is 19.3 Å². The third-order valence-electron chi connectivity index (χ3n) is 4.28. The zero-order valence-electron chi connectivity index (χ0n) is 12.2. The Kier molecular flexibility index (Phi) is 4.19. The Hall–Kier alpha value is -1.49. The van der Waals surface area contributed by atoms with E-state index in [9.17, 15) is 9.59 Å². The quantitative estimate of drug-likeness (QED) is 0.805. The van der Waals surface area contributed by atoms with Gasteiger partial charge in [-0.15, -0.1) is 11.8 Å². The molecule has 0 radical (unpaired) electrons. The van der Waals surface area contributed by atoms with Crippen molar-refractivity contribution in [3.05, 3.63) is 24.3 Å². The highest BCUT2D eigenvalue weighted by atomic mass is 32.2. The number of amides is 2. The summed E-state index contributed by atoms with van der Waals surface area (Å²) in [6.45, 7) is 2.23. The zero-order chi connectivity index (χ0) is 14.8. The van der Waals surface area contributed by atoms with Gasteiger partial charge in [-0.25, -0.2) is 0 Å². The summed E-state index contributed by atoms with van der Waals surface area (Å²) in [5, 5.41) is 0. The van der Waals surface area contributed by atoms with E-state index in [1.165, 1.54) is 4.90 Å². The van der Waals surface area contributed by atoms with Gasteiger partial charge >= 0.3 is 0 Å². The van der Waals surface area contributed by atoms with Crippen LogP contribution in [0.15, 0.2) is 29.2 Å². The highest BCUT2D eigenvalue weighted by molar-refractivity contribution is 7.98. The number of thioether (sulfide) groups is 1. The van der Waals surface area contributed by atoms with Crippen LogP contribution in [-0.2, 0) is 9.59 Å². The number of likely N-dealkylation sites (tertiary alicyclic amines) is 1. The number of carbonyl (C=O) groups is 2. The molecule has 3 rings (SSSR count). The van der Waals surface area contributed by atoms with E-state index < -0.39 is 0 Å². The molecule has 2 heterocycles. The molecule has 5 heteroatoms. The van der Waals surface area contributed by atoms with Crippen LogP contribution in [0.5, 0.6) is 0 Å². The summed E-state index contributed by atoms with van der Waals surface area (Å²) in [6, 6.07) is 7.96. The van der Waals surface area contributed by atoms with Gasteiger partial charge in [0.05, 0.1) is 5.92 Å². The molecule has 1 aromatic carbocycles. The maximum atomic E-state index is 12.4. The smallest absolute Gasteiger partial charge is 0.228 e. The molecule has 1 aromatic rings. The van der Waals surface area contributed by atoms with Crippen molar-refractivity contribution in [1.29, 1.82) is 0 Å². The van der Waals surface area contributed by atoms with Gasteiger partial charge in [0.2, 0.25) is 11.8 Å². The molecule has 0 N–H and O–H groups in total. The maximum absolute atomic E-state index is 12.4. The monoisotopic (exact) mass is 304 g/mol. The van der Waals surface area contributed by atoms with Crippen LogP contribution in [0.3, 0.4) is 0 Å². The first kappa shape index (κ1) is 14.4. The maximum Gasteiger partial charge on any atom is 0.228 e. The molecule has 112 valence electrons. The second-order valence-electron chi connectivity index (χ2n) is 5.64. The summed E-state index contributed by atoms with van der Waals surface area (Å²) in [5.41, 5.74) is 0.898. The van der Waals surface area contributed by atoms with Gasteiger partial charge in [-0.2, -0.15) is 0 Å². The number of anilines is 1. The molecule has 2 aliphatic heterocycles. The van der Waals surface area contributed by atoms with E-state index in [-0.39, 0.29) is 17.7 Å². The normalized spacial score (nSPS) is 22.1. The van der Waals surface area contributed by atoms with Crippen LogP contribution in [0.25, 0.3) is 0 Å². The lowest BCUT2D eigenvalue weighted by molar-refractivity contribution is -0.134. The van der Waals surface area contributed by atoms with Gasteiger partial charge in [-0.05, 0) is 43.4 Å². The molecule has 2 aliphatic rings. The second kappa shape index (κ2) is 6.10. The van der Waals surface area contributed by atoms with Gasteiger partial charge in [-0.3, -0.25) is 9.59 Å². The molecule has 0 spiro atoms. The number of nitrogens with zero attached hydrogens (tertiary/aromatic N) is 2. The van der Waals surface area contributed by atoms with Gasteiger partial charge < -0.3 is 9.80 Å². The van der Waals surface area contributed by atoms with Crippen LogP contribution in [0.4, 0.5) is 5.69 Å². The number of hydrogen-bond donors (Lipinski definition) is 0. The number of rotatable bonds is 3. The summed E-state index contributed by atoms with van der Waals surface area (Å²) in [5.74, 6) is 0.0457. The Morgan fingerprint density at radius 1 is 1.19 bits per heavy atom. The van der Waals surface area contributed by atoms with Gasteiger partial charge in [0.1, 0.15) is 0 Å². The Morgan fingerprint density at radius 2 is 1.86 bits per heavy atom. The van der Waals surface area contributed by atoms with Crippen LogP contribution in [0.2, 0.25) is 0 Å². The molecule has 0 aromatic heterocycles. The van der Waals surface area contributed by atoms with Crippen molar-refractivity contribution in [1.82, 2.24) is 4.90 Å². The SMILES string of the molecule is CSc1ccc(N2CC(C(=O)N3CCCC3)CC2=O)cc1. The van der Waals surface area contributed by atoms with E-state index in [1.54, 1.807) is 16.7 Å². The first-order chi connectivity index (χ1) is 10.2. The van der Waals surface area contributed by atoms with Crippen molar-refractivity contribution in [2.45, 2.75) is 24.2 Å². The van der Waals surface area contributed by atoms with Gasteiger partial charge in [0.15, 0.2) is 0 Å². The lowest BCUT2D eigenvalue weighted by Gasteiger charge is -2.20. The van der Waals surface area contributed by atoms with Crippen molar-refractivity contribution in [2.75, 3.05) is 30.8 Å². The van der Waals surface area contributed by atoms with E-state index in [2.05, 4.69) is 0 Å². The number of benzene rings is 1. The van der Waals surface area contributed by atoms with Gasteiger partial charge in [0, 0.05) is 36.6 Å². The van der Waals surface area contributed by atoms with Crippen LogP contribution < -0.4 is 4.90 Å². The predicted octanol–water partition coefficient (Wildman–Crippen LogP) is 2.38. The summed E-state index contributed by atoms with van der Waals surface area (Å²) >= 11 is 1.68. The van der Waals surface area contributed by atoms with Crippen molar-refractivity contribution >= 4 is 29.3 Å². The van der Waals surface area contributed by atoms with E-state index in [0.717, 1.165) is 31.6 Å². The first-order valence-corrected chi connectivity index (χ1v) is 8.64. The molecule has 2 amide bonds. The Bertz CT molecular complexity index is 538. The van der Waals surface area contributed by atoms with Crippen molar-refractivity contribution in [3.8, 4) is 0 Å². The fourth-order valence-corrected chi connectivity index (χ4v) is 3.49. The molecule has 0 aliphatic carbocycles. The number of hydrogen-bond acceptors (Lipinski definition) is 3. The van der Waals surface area contributed by atoms with Crippen LogP contribution in [0, 0.1) is 5.92 Å². The van der Waals surface area contributed by atoms with Crippen molar-refractivity contribution in [2.24, 2.45) is 5.92 Å². The molecule has 0 saturated carbocycles. The Balaban J connectivity index is 1.70. The predicted molar refractivity (Wildman–Crippen MR) is 84.5 cm³/mol.